The lowest BCUT2D eigenvalue weighted by Gasteiger charge is -2.07. The predicted molar refractivity (Wildman–Crippen MR) is 87.3 cm³/mol. The fraction of sp³-hybridized carbons (Fsp3) is 0.0667. The largest absolute Gasteiger partial charge is 0.399 e. The number of nitrogens with zero attached hydrogens (tertiary/aromatic N) is 1. The number of hydrogen-bond acceptors (Lipinski definition) is 3. The highest BCUT2D eigenvalue weighted by Crippen LogP contribution is 2.23. The number of amides is 1. The van der Waals surface area contributed by atoms with Gasteiger partial charge in [-0.3, -0.25) is 4.79 Å². The molecule has 0 spiro atoms. The molecule has 106 valence electrons. The van der Waals surface area contributed by atoms with Crippen molar-refractivity contribution in [1.29, 1.82) is 0 Å². The first kappa shape index (κ1) is 13.6. The fourth-order valence-corrected chi connectivity index (χ4v) is 2.62. The summed E-state index contributed by atoms with van der Waals surface area (Å²) >= 11 is 3.35. The first-order valence-corrected chi connectivity index (χ1v) is 7.14. The number of nitrogen functional groups attached to an aromatic ring is 1. The summed E-state index contributed by atoms with van der Waals surface area (Å²) in [5.74, 6) is 0.325. The molecule has 0 bridgehead atoms. The van der Waals surface area contributed by atoms with Gasteiger partial charge in [0.25, 0.3) is 5.91 Å². The molecular weight excluding hydrogens is 332 g/mol. The summed E-state index contributed by atoms with van der Waals surface area (Å²) in [5, 5.41) is 3.61. The van der Waals surface area contributed by atoms with Crippen molar-refractivity contribution < 1.29 is 4.79 Å². The Morgan fingerprint density at radius 3 is 2.95 bits per heavy atom. The minimum Gasteiger partial charge on any atom is -0.399 e. The highest BCUT2D eigenvalue weighted by atomic mass is 79.9. The molecule has 0 unspecified atom stereocenters. The van der Waals surface area contributed by atoms with Gasteiger partial charge in [0.2, 0.25) is 0 Å². The Bertz CT molecular complexity index is 841. The highest BCUT2D eigenvalue weighted by molar-refractivity contribution is 9.10. The van der Waals surface area contributed by atoms with Crippen LogP contribution in [0.2, 0.25) is 0 Å². The molecular formula is C15H13BrN4O. The normalized spacial score (nSPS) is 10.8. The average molecular weight is 345 g/mol. The molecule has 4 N–H and O–H groups in total. The van der Waals surface area contributed by atoms with Gasteiger partial charge in [0.15, 0.2) is 0 Å². The van der Waals surface area contributed by atoms with Crippen molar-refractivity contribution in [3.05, 3.63) is 52.3 Å². The third-order valence-corrected chi connectivity index (χ3v) is 3.66. The van der Waals surface area contributed by atoms with Gasteiger partial charge in [-0.1, -0.05) is 0 Å². The Kier molecular flexibility index (Phi) is 3.39. The van der Waals surface area contributed by atoms with Gasteiger partial charge in [-0.05, 0) is 52.7 Å². The van der Waals surface area contributed by atoms with E-state index >= 15 is 0 Å². The minimum atomic E-state index is -0.218. The molecule has 21 heavy (non-hydrogen) atoms. The Hall–Kier alpha value is -2.34. The molecule has 1 aromatic carbocycles. The zero-order valence-corrected chi connectivity index (χ0v) is 12.9. The van der Waals surface area contributed by atoms with Crippen LogP contribution in [0.1, 0.15) is 15.9 Å². The van der Waals surface area contributed by atoms with E-state index in [0.29, 0.717) is 17.1 Å². The number of carbonyl (C=O) groups excluding carboxylic acids is 1. The van der Waals surface area contributed by atoms with Gasteiger partial charge in [0, 0.05) is 33.5 Å². The summed E-state index contributed by atoms with van der Waals surface area (Å²) in [4.78, 5) is 19.7. The van der Waals surface area contributed by atoms with Gasteiger partial charge in [-0.25, -0.2) is 4.98 Å². The number of pyridine rings is 1. The van der Waals surface area contributed by atoms with Gasteiger partial charge >= 0.3 is 0 Å². The average Bonchev–Trinajstić information content (AvgIpc) is 2.85. The molecule has 2 heterocycles. The zero-order valence-electron chi connectivity index (χ0n) is 11.3. The van der Waals surface area contributed by atoms with Gasteiger partial charge in [-0.2, -0.15) is 0 Å². The Morgan fingerprint density at radius 2 is 2.19 bits per heavy atom. The second-order valence-corrected chi connectivity index (χ2v) is 5.70. The van der Waals surface area contributed by atoms with Gasteiger partial charge < -0.3 is 16.0 Å². The lowest BCUT2D eigenvalue weighted by atomic mass is 10.1. The van der Waals surface area contributed by atoms with E-state index in [-0.39, 0.29) is 5.91 Å². The van der Waals surface area contributed by atoms with Crippen LogP contribution in [0.5, 0.6) is 0 Å². The molecule has 0 atom stereocenters. The number of aryl methyl sites for hydroxylation is 1. The topological polar surface area (TPSA) is 83.8 Å². The van der Waals surface area contributed by atoms with E-state index < -0.39 is 0 Å². The van der Waals surface area contributed by atoms with Crippen LogP contribution < -0.4 is 11.1 Å². The molecule has 5 nitrogen and oxygen atoms in total. The molecule has 0 radical (unpaired) electrons. The van der Waals surface area contributed by atoms with Gasteiger partial charge in [0.05, 0.1) is 5.56 Å². The number of rotatable bonds is 2. The van der Waals surface area contributed by atoms with E-state index in [9.17, 15) is 4.79 Å². The van der Waals surface area contributed by atoms with Crippen LogP contribution in [0.3, 0.4) is 0 Å². The monoisotopic (exact) mass is 344 g/mol. The molecule has 3 aromatic rings. The van der Waals surface area contributed by atoms with Crippen molar-refractivity contribution in [2.75, 3.05) is 11.1 Å². The fourth-order valence-electron chi connectivity index (χ4n) is 2.17. The van der Waals surface area contributed by atoms with Crippen LogP contribution in [0.25, 0.3) is 10.9 Å². The molecule has 1 amide bonds. The molecule has 0 aliphatic carbocycles. The number of nitrogens with two attached hydrogens (primary N) is 1. The standard InChI is InChI=1S/C15H13BrN4O/c1-8-4-9(16)6-19-14(8)20-15(21)12-7-18-13-3-2-10(17)5-11(12)13/h2-7,18H,17H2,1H3,(H,19,20,21). The molecule has 0 aliphatic heterocycles. The summed E-state index contributed by atoms with van der Waals surface area (Å²) in [6.45, 7) is 1.89. The molecule has 0 aliphatic rings. The number of halogens is 1. The minimum absolute atomic E-state index is 0.218. The third-order valence-electron chi connectivity index (χ3n) is 3.23. The lowest BCUT2D eigenvalue weighted by Crippen LogP contribution is -2.13. The summed E-state index contributed by atoms with van der Waals surface area (Å²) in [6.07, 6.45) is 3.32. The predicted octanol–water partition coefficient (Wildman–Crippen LogP) is 3.47. The van der Waals surface area contributed by atoms with Crippen LogP contribution in [0.15, 0.2) is 41.1 Å². The summed E-state index contributed by atoms with van der Waals surface area (Å²) in [5.41, 5.74) is 8.70. The number of carbonyl (C=O) groups is 1. The maximum absolute atomic E-state index is 12.4. The Balaban J connectivity index is 1.95. The molecule has 0 saturated heterocycles. The molecule has 0 saturated carbocycles. The summed E-state index contributed by atoms with van der Waals surface area (Å²) < 4.78 is 0.873. The van der Waals surface area contributed by atoms with Crippen LogP contribution >= 0.6 is 15.9 Å². The smallest absolute Gasteiger partial charge is 0.258 e. The van der Waals surface area contributed by atoms with E-state index in [1.165, 1.54) is 0 Å². The number of H-pyrrole nitrogens is 1. The lowest BCUT2D eigenvalue weighted by molar-refractivity contribution is 0.102. The van der Waals surface area contributed by atoms with Crippen molar-refractivity contribution in [2.24, 2.45) is 0 Å². The summed E-state index contributed by atoms with van der Waals surface area (Å²) in [6, 6.07) is 7.32. The number of hydrogen-bond donors (Lipinski definition) is 3. The van der Waals surface area contributed by atoms with Crippen molar-refractivity contribution in [1.82, 2.24) is 9.97 Å². The maximum Gasteiger partial charge on any atom is 0.258 e. The van der Waals surface area contributed by atoms with Gasteiger partial charge in [0.1, 0.15) is 5.82 Å². The van der Waals surface area contributed by atoms with Crippen molar-refractivity contribution in [3.8, 4) is 0 Å². The SMILES string of the molecule is Cc1cc(Br)cnc1NC(=O)c1c[nH]c2ccc(N)cc12. The van der Waals surface area contributed by atoms with E-state index in [1.807, 2.05) is 19.1 Å². The zero-order chi connectivity index (χ0) is 15.0. The number of fused-ring (bicyclic) bond motifs is 1. The number of nitrogens with one attached hydrogen (secondary N) is 2. The summed E-state index contributed by atoms with van der Waals surface area (Å²) in [7, 11) is 0. The van der Waals surface area contributed by atoms with Crippen LogP contribution in [0.4, 0.5) is 11.5 Å². The van der Waals surface area contributed by atoms with Crippen LogP contribution in [-0.4, -0.2) is 15.9 Å². The van der Waals surface area contributed by atoms with E-state index in [1.54, 1.807) is 24.5 Å². The maximum atomic E-state index is 12.4. The number of anilines is 2. The van der Waals surface area contributed by atoms with Crippen LogP contribution in [-0.2, 0) is 0 Å². The van der Waals surface area contributed by atoms with E-state index in [2.05, 4.69) is 31.2 Å². The number of aromatic amines is 1. The first-order chi connectivity index (χ1) is 10.0. The quantitative estimate of drug-likeness (QED) is 0.622. The Labute approximate surface area is 129 Å². The number of aromatic nitrogens is 2. The third kappa shape index (κ3) is 2.62. The second-order valence-electron chi connectivity index (χ2n) is 4.78. The molecule has 3 rings (SSSR count). The van der Waals surface area contributed by atoms with Gasteiger partial charge in [-0.15, -0.1) is 0 Å². The molecule has 6 heteroatoms. The Morgan fingerprint density at radius 1 is 1.38 bits per heavy atom. The highest BCUT2D eigenvalue weighted by Gasteiger charge is 2.14. The van der Waals surface area contributed by atoms with Crippen LogP contribution in [0, 0.1) is 6.92 Å². The first-order valence-electron chi connectivity index (χ1n) is 6.34. The number of benzene rings is 1. The molecule has 0 fully saturated rings. The van der Waals surface area contributed by atoms with Crippen molar-refractivity contribution in [3.63, 3.8) is 0 Å². The van der Waals surface area contributed by atoms with E-state index in [4.69, 9.17) is 5.73 Å². The van der Waals surface area contributed by atoms with Crippen molar-refractivity contribution >= 4 is 44.2 Å². The van der Waals surface area contributed by atoms with Crippen molar-refractivity contribution in [2.45, 2.75) is 6.92 Å². The second kappa shape index (κ2) is 5.21. The molecule has 2 aromatic heterocycles. The van der Waals surface area contributed by atoms with E-state index in [0.717, 1.165) is 20.9 Å².